The molecule has 0 saturated heterocycles. The van der Waals surface area contributed by atoms with Crippen molar-refractivity contribution in [1.29, 1.82) is 0 Å². The smallest absolute Gasteiger partial charge is 0.208 e. The first-order chi connectivity index (χ1) is 15.9. The van der Waals surface area contributed by atoms with E-state index in [0.29, 0.717) is 29.3 Å². The number of ketones is 1. The van der Waals surface area contributed by atoms with Gasteiger partial charge in [-0.05, 0) is 61.8 Å². The molecule has 5 rings (SSSR count). The Bertz CT molecular complexity index is 1180. The van der Waals surface area contributed by atoms with Crippen LogP contribution in [0.5, 0.6) is 0 Å². The van der Waals surface area contributed by atoms with Gasteiger partial charge >= 0.3 is 0 Å². The molecule has 1 aromatic carbocycles. The molecule has 1 saturated carbocycles. The van der Waals surface area contributed by atoms with E-state index < -0.39 is 0 Å². The van der Waals surface area contributed by atoms with Gasteiger partial charge in [0.2, 0.25) is 5.78 Å². The van der Waals surface area contributed by atoms with Crippen LogP contribution in [0.4, 0.5) is 5.82 Å². The zero-order valence-corrected chi connectivity index (χ0v) is 20.0. The van der Waals surface area contributed by atoms with Crippen molar-refractivity contribution in [1.82, 2.24) is 9.97 Å². The number of anilines is 1. The zero-order chi connectivity index (χ0) is 23.1. The van der Waals surface area contributed by atoms with E-state index in [1.54, 1.807) is 6.20 Å². The van der Waals surface area contributed by atoms with E-state index in [9.17, 15) is 9.90 Å². The van der Waals surface area contributed by atoms with Crippen molar-refractivity contribution in [3.8, 4) is 0 Å². The van der Waals surface area contributed by atoms with E-state index in [0.717, 1.165) is 23.3 Å². The van der Waals surface area contributed by atoms with E-state index in [-0.39, 0.29) is 30.0 Å². The van der Waals surface area contributed by atoms with Crippen LogP contribution in [-0.4, -0.2) is 39.6 Å². The molecule has 0 radical (unpaired) electrons. The normalized spacial score (nSPS) is 24.5. The van der Waals surface area contributed by atoms with Crippen LogP contribution >= 0.6 is 11.3 Å². The summed E-state index contributed by atoms with van der Waals surface area (Å²) in [5, 5.41) is 13.5. The van der Waals surface area contributed by atoms with E-state index in [1.165, 1.54) is 34.4 Å². The molecule has 3 heterocycles. The number of fused-ring (bicyclic) bond motifs is 1. The predicted molar refractivity (Wildman–Crippen MR) is 129 cm³/mol. The first kappa shape index (κ1) is 22.2. The summed E-state index contributed by atoms with van der Waals surface area (Å²) in [6, 6.07) is 8.59. The summed E-state index contributed by atoms with van der Waals surface area (Å²) in [5.41, 5.74) is 5.22. The van der Waals surface area contributed by atoms with Crippen molar-refractivity contribution < 1.29 is 14.6 Å². The van der Waals surface area contributed by atoms with Gasteiger partial charge in [0, 0.05) is 17.1 Å². The first-order valence-corrected chi connectivity index (χ1v) is 12.3. The Labute approximate surface area is 198 Å². The molecule has 3 aromatic rings. The lowest BCUT2D eigenvalue weighted by Crippen LogP contribution is -2.20. The minimum atomic E-state index is -0.326. The van der Waals surface area contributed by atoms with E-state index in [1.807, 2.05) is 19.9 Å². The summed E-state index contributed by atoms with van der Waals surface area (Å²) in [4.78, 5) is 23.7. The molecule has 1 aliphatic heterocycles. The number of carbonyl (C=O) groups is 1. The number of nitrogens with one attached hydrogen (secondary N) is 1. The van der Waals surface area contributed by atoms with Gasteiger partial charge in [-0.1, -0.05) is 30.7 Å². The van der Waals surface area contributed by atoms with Crippen molar-refractivity contribution in [3.05, 3.63) is 74.4 Å². The topological polar surface area (TPSA) is 84.3 Å². The fraction of sp³-hybridized carbons (Fsp3) is 0.423. The third-order valence-corrected chi connectivity index (χ3v) is 7.90. The molecule has 2 aromatic heterocycles. The van der Waals surface area contributed by atoms with Crippen LogP contribution in [0.1, 0.15) is 68.2 Å². The van der Waals surface area contributed by atoms with Crippen molar-refractivity contribution in [2.75, 3.05) is 11.9 Å². The molecule has 2 N–H and O–H groups in total. The number of rotatable bonds is 5. The van der Waals surface area contributed by atoms with E-state index in [4.69, 9.17) is 4.74 Å². The maximum absolute atomic E-state index is 13.5. The highest BCUT2D eigenvalue weighted by Crippen LogP contribution is 2.39. The highest BCUT2D eigenvalue weighted by Gasteiger charge is 2.31. The van der Waals surface area contributed by atoms with Crippen LogP contribution in [0.25, 0.3) is 0 Å². The Kier molecular flexibility index (Phi) is 6.03. The van der Waals surface area contributed by atoms with Crippen LogP contribution < -0.4 is 5.32 Å². The second-order valence-corrected chi connectivity index (χ2v) is 10.6. The largest absolute Gasteiger partial charge is 0.393 e. The Morgan fingerprint density at radius 1 is 1.21 bits per heavy atom. The maximum Gasteiger partial charge on any atom is 0.208 e. The monoisotopic (exact) mass is 463 g/mol. The highest BCUT2D eigenvalue weighted by molar-refractivity contribution is 7.14. The molecule has 0 bridgehead atoms. The number of benzene rings is 1. The standard InChI is InChI=1S/C26H29N3O3S/c1-14-4-5-17-6-7-32-25(20(17)8-14)19-11-23(33-16(19)3)24(31)21-12-27-13-28-26(21)29-18-9-15(2)22(30)10-18/h4-5,8,11-13,15,18,22,25,30H,6-7,9-10H2,1-3H3,(H,27,28,29)/t15-,18-,22-,25-/m1/s1. The molecule has 0 amide bonds. The number of nitrogens with zero attached hydrogens (tertiary/aromatic N) is 2. The summed E-state index contributed by atoms with van der Waals surface area (Å²) < 4.78 is 6.19. The average molecular weight is 464 g/mol. The number of aryl methyl sites for hydroxylation is 2. The van der Waals surface area contributed by atoms with Gasteiger partial charge in [0.15, 0.2) is 0 Å². The molecule has 172 valence electrons. The van der Waals surface area contributed by atoms with Crippen LogP contribution in [-0.2, 0) is 11.2 Å². The number of carbonyl (C=O) groups excluding carboxylic acids is 1. The van der Waals surface area contributed by atoms with Crippen molar-refractivity contribution in [3.63, 3.8) is 0 Å². The average Bonchev–Trinajstić information content (AvgIpc) is 3.34. The lowest BCUT2D eigenvalue weighted by molar-refractivity contribution is 0.0697. The van der Waals surface area contributed by atoms with Gasteiger partial charge in [-0.15, -0.1) is 11.3 Å². The summed E-state index contributed by atoms with van der Waals surface area (Å²) >= 11 is 1.49. The van der Waals surface area contributed by atoms with Gasteiger partial charge in [0.1, 0.15) is 18.2 Å². The molecule has 4 atom stereocenters. The van der Waals surface area contributed by atoms with Crippen LogP contribution in [0.2, 0.25) is 0 Å². The number of thiophene rings is 1. The van der Waals surface area contributed by atoms with Gasteiger partial charge in [-0.3, -0.25) is 4.79 Å². The van der Waals surface area contributed by atoms with Gasteiger partial charge in [0.05, 0.1) is 23.2 Å². The van der Waals surface area contributed by atoms with Crippen LogP contribution in [0.15, 0.2) is 36.8 Å². The van der Waals surface area contributed by atoms with Crippen LogP contribution in [0.3, 0.4) is 0 Å². The quantitative estimate of drug-likeness (QED) is 0.537. The molecule has 0 spiro atoms. The van der Waals surface area contributed by atoms with Gasteiger partial charge in [-0.2, -0.15) is 0 Å². The molecule has 6 nitrogen and oxygen atoms in total. The molecule has 0 unspecified atom stereocenters. The fourth-order valence-electron chi connectivity index (χ4n) is 4.97. The van der Waals surface area contributed by atoms with Crippen molar-refractivity contribution >= 4 is 22.9 Å². The molecule has 2 aliphatic rings. The van der Waals surface area contributed by atoms with Gasteiger partial charge in [0.25, 0.3) is 0 Å². The third kappa shape index (κ3) is 4.33. The molecule has 33 heavy (non-hydrogen) atoms. The first-order valence-electron chi connectivity index (χ1n) is 11.5. The summed E-state index contributed by atoms with van der Waals surface area (Å²) in [7, 11) is 0. The summed E-state index contributed by atoms with van der Waals surface area (Å²) in [5.74, 6) is 0.668. The third-order valence-electron chi connectivity index (χ3n) is 6.84. The second-order valence-electron chi connectivity index (χ2n) is 9.30. The number of ether oxygens (including phenoxy) is 1. The Morgan fingerprint density at radius 2 is 2.06 bits per heavy atom. The zero-order valence-electron chi connectivity index (χ0n) is 19.2. The minimum Gasteiger partial charge on any atom is -0.393 e. The van der Waals surface area contributed by atoms with Crippen molar-refractivity contribution in [2.45, 2.75) is 58.3 Å². The number of hydrogen-bond acceptors (Lipinski definition) is 7. The highest BCUT2D eigenvalue weighted by atomic mass is 32.1. The molecular formula is C26H29N3O3S. The van der Waals surface area contributed by atoms with Gasteiger partial charge < -0.3 is 15.2 Å². The number of aliphatic hydroxyl groups is 1. The molecule has 7 heteroatoms. The second kappa shape index (κ2) is 8.97. The Morgan fingerprint density at radius 3 is 2.85 bits per heavy atom. The lowest BCUT2D eigenvalue weighted by Gasteiger charge is -2.26. The van der Waals surface area contributed by atoms with E-state index in [2.05, 4.69) is 40.4 Å². The molecule has 1 aliphatic carbocycles. The fourth-order valence-corrected chi connectivity index (χ4v) is 5.97. The Balaban J connectivity index is 1.43. The Hall–Kier alpha value is -2.61. The summed E-state index contributed by atoms with van der Waals surface area (Å²) in [6.45, 7) is 6.86. The summed E-state index contributed by atoms with van der Waals surface area (Å²) in [6.07, 6.45) is 4.96. The number of hydrogen-bond donors (Lipinski definition) is 2. The van der Waals surface area contributed by atoms with E-state index >= 15 is 0 Å². The number of aliphatic hydroxyl groups excluding tert-OH is 1. The number of aromatic nitrogens is 2. The SMILES string of the molecule is Cc1ccc2c(c1)[C@@H](c1cc(C(=O)c3cncnc3N[C@@H]3C[C@@H](C)[C@H](O)C3)sc1C)OCC2. The predicted octanol–water partition coefficient (Wildman–Crippen LogP) is 4.62. The maximum atomic E-state index is 13.5. The van der Waals surface area contributed by atoms with Gasteiger partial charge in [-0.25, -0.2) is 9.97 Å². The minimum absolute atomic E-state index is 0.0902. The van der Waals surface area contributed by atoms with Crippen LogP contribution in [0, 0.1) is 19.8 Å². The molecular weight excluding hydrogens is 434 g/mol. The lowest BCUT2D eigenvalue weighted by atomic mass is 9.91. The van der Waals surface area contributed by atoms with Crippen molar-refractivity contribution in [2.24, 2.45) is 5.92 Å². The molecule has 1 fully saturated rings.